The first-order valence-electron chi connectivity index (χ1n) is 7.44. The Morgan fingerprint density at radius 3 is 2.46 bits per heavy atom. The Hall–Kier alpha value is -2.25. The second-order valence-corrected chi connectivity index (χ2v) is 7.57. The first-order chi connectivity index (χ1) is 11.3. The molecule has 1 unspecified atom stereocenters. The van der Waals surface area contributed by atoms with E-state index in [2.05, 4.69) is 4.72 Å². The maximum absolute atomic E-state index is 12.9. The van der Waals surface area contributed by atoms with E-state index in [9.17, 15) is 17.6 Å². The number of halogens is 1. The van der Waals surface area contributed by atoms with Gasteiger partial charge in [-0.25, -0.2) is 17.5 Å². The highest BCUT2D eigenvalue weighted by molar-refractivity contribution is 7.89. The first-order valence-corrected chi connectivity index (χ1v) is 8.92. The lowest BCUT2D eigenvalue weighted by atomic mass is 10.0. The Bertz CT molecular complexity index is 878. The molecule has 2 N–H and O–H groups in total. The summed E-state index contributed by atoms with van der Waals surface area (Å²) in [5, 5.41) is 8.85. The lowest BCUT2D eigenvalue weighted by molar-refractivity contribution is -0.136. The van der Waals surface area contributed by atoms with Crippen molar-refractivity contribution in [3.8, 4) is 0 Å². The third kappa shape index (κ3) is 3.63. The van der Waals surface area contributed by atoms with Crippen LogP contribution in [0.3, 0.4) is 0 Å². The molecule has 2 aromatic rings. The Morgan fingerprint density at radius 1 is 1.12 bits per heavy atom. The van der Waals surface area contributed by atoms with Gasteiger partial charge < -0.3 is 5.11 Å². The molecule has 0 aliphatic heterocycles. The average Bonchev–Trinajstić information content (AvgIpc) is 2.87. The highest BCUT2D eigenvalue weighted by Gasteiger charge is 2.26. The van der Waals surface area contributed by atoms with Gasteiger partial charge >= 0.3 is 5.97 Å². The monoisotopic (exact) mass is 349 g/mol. The highest BCUT2D eigenvalue weighted by atomic mass is 32.2. The van der Waals surface area contributed by atoms with E-state index in [1.54, 1.807) is 6.07 Å². The summed E-state index contributed by atoms with van der Waals surface area (Å²) in [6.45, 7) is 0. The van der Waals surface area contributed by atoms with Crippen LogP contribution in [0.1, 0.15) is 16.7 Å². The van der Waals surface area contributed by atoms with Crippen LogP contribution in [0.2, 0.25) is 0 Å². The fraction of sp³-hybridized carbons (Fsp3) is 0.235. The summed E-state index contributed by atoms with van der Waals surface area (Å²) in [7, 11) is -3.72. The lowest BCUT2D eigenvalue weighted by Gasteiger charge is -2.12. The SMILES string of the molecule is O=C(O)Cc1ccc2c(c1)CC(NS(=O)(=O)c1ccc(F)cc1)C2. The van der Waals surface area contributed by atoms with Gasteiger partial charge in [0, 0.05) is 6.04 Å². The van der Waals surface area contributed by atoms with E-state index in [1.165, 1.54) is 12.1 Å². The fourth-order valence-corrected chi connectivity index (χ4v) is 4.18. The topological polar surface area (TPSA) is 83.5 Å². The normalized spacial score (nSPS) is 16.8. The summed E-state index contributed by atoms with van der Waals surface area (Å²) in [6, 6.07) is 9.79. The van der Waals surface area contributed by atoms with E-state index >= 15 is 0 Å². The van der Waals surface area contributed by atoms with Crippen molar-refractivity contribution in [2.45, 2.75) is 30.2 Å². The Balaban J connectivity index is 1.73. The highest BCUT2D eigenvalue weighted by Crippen LogP contribution is 2.25. The second kappa shape index (κ2) is 6.33. The van der Waals surface area contributed by atoms with Crippen molar-refractivity contribution in [2.24, 2.45) is 0 Å². The van der Waals surface area contributed by atoms with Crippen molar-refractivity contribution in [3.63, 3.8) is 0 Å². The molecule has 0 radical (unpaired) electrons. The molecule has 0 fully saturated rings. The summed E-state index contributed by atoms with van der Waals surface area (Å²) in [5.74, 6) is -1.39. The van der Waals surface area contributed by atoms with Crippen LogP contribution in [-0.2, 0) is 34.1 Å². The zero-order valence-corrected chi connectivity index (χ0v) is 13.5. The standard InChI is InChI=1S/C17H16FNO4S/c18-14-3-5-16(6-4-14)24(22,23)19-15-9-12-2-1-11(8-17(20)21)7-13(12)10-15/h1-7,15,19H,8-10H2,(H,20,21). The summed E-state index contributed by atoms with van der Waals surface area (Å²) < 4.78 is 40.3. The minimum atomic E-state index is -3.72. The van der Waals surface area contributed by atoms with E-state index < -0.39 is 21.8 Å². The number of rotatable bonds is 5. The van der Waals surface area contributed by atoms with Gasteiger partial charge in [-0.3, -0.25) is 4.79 Å². The molecule has 0 amide bonds. The molecule has 1 aliphatic rings. The van der Waals surface area contributed by atoms with Gasteiger partial charge in [0.2, 0.25) is 10.0 Å². The van der Waals surface area contributed by atoms with Crippen LogP contribution in [0.4, 0.5) is 4.39 Å². The molecular formula is C17H16FNO4S. The van der Waals surface area contributed by atoms with Gasteiger partial charge in [0.25, 0.3) is 0 Å². The zero-order valence-electron chi connectivity index (χ0n) is 12.7. The average molecular weight is 349 g/mol. The number of nitrogens with one attached hydrogen (secondary N) is 1. The van der Waals surface area contributed by atoms with E-state index in [4.69, 9.17) is 5.11 Å². The minimum Gasteiger partial charge on any atom is -0.481 e. The molecule has 0 spiro atoms. The third-order valence-electron chi connectivity index (χ3n) is 4.00. The van der Waals surface area contributed by atoms with Gasteiger partial charge in [0.15, 0.2) is 0 Å². The number of hydrogen-bond acceptors (Lipinski definition) is 3. The molecular weight excluding hydrogens is 333 g/mol. The Kier molecular flexibility index (Phi) is 4.38. The number of aliphatic carboxylic acids is 1. The largest absolute Gasteiger partial charge is 0.481 e. The Labute approximate surface area is 139 Å². The number of carbonyl (C=O) groups is 1. The van der Waals surface area contributed by atoms with Gasteiger partial charge in [-0.15, -0.1) is 0 Å². The van der Waals surface area contributed by atoms with Gasteiger partial charge in [-0.2, -0.15) is 0 Å². The zero-order chi connectivity index (χ0) is 17.3. The molecule has 0 heterocycles. The number of sulfonamides is 1. The predicted octanol–water partition coefficient (Wildman–Crippen LogP) is 1.90. The third-order valence-corrected chi connectivity index (χ3v) is 5.54. The molecule has 0 saturated heterocycles. The molecule has 0 aromatic heterocycles. The van der Waals surface area contributed by atoms with E-state index in [-0.39, 0.29) is 17.4 Å². The first kappa shape index (κ1) is 16.6. The maximum atomic E-state index is 12.9. The van der Waals surface area contributed by atoms with Crippen LogP contribution >= 0.6 is 0 Å². The lowest BCUT2D eigenvalue weighted by Crippen LogP contribution is -2.35. The number of carboxylic acids is 1. The fourth-order valence-electron chi connectivity index (χ4n) is 2.94. The van der Waals surface area contributed by atoms with Crippen molar-refractivity contribution in [3.05, 3.63) is 65.0 Å². The van der Waals surface area contributed by atoms with Crippen molar-refractivity contribution in [2.75, 3.05) is 0 Å². The summed E-state index contributed by atoms with van der Waals surface area (Å²) in [4.78, 5) is 10.8. The molecule has 0 bridgehead atoms. The van der Waals surface area contributed by atoms with E-state index in [1.807, 2.05) is 12.1 Å². The van der Waals surface area contributed by atoms with Gasteiger partial charge in [-0.05, 0) is 53.8 Å². The number of fused-ring (bicyclic) bond motifs is 1. The molecule has 1 atom stereocenters. The van der Waals surface area contributed by atoms with Crippen molar-refractivity contribution >= 4 is 16.0 Å². The molecule has 3 rings (SSSR count). The van der Waals surface area contributed by atoms with Gasteiger partial charge in [0.1, 0.15) is 5.82 Å². The van der Waals surface area contributed by atoms with Crippen molar-refractivity contribution in [1.29, 1.82) is 0 Å². The summed E-state index contributed by atoms with van der Waals surface area (Å²) in [6.07, 6.45) is 0.992. The molecule has 1 aliphatic carbocycles. The van der Waals surface area contributed by atoms with E-state index in [0.29, 0.717) is 18.4 Å². The molecule has 0 saturated carbocycles. The molecule has 126 valence electrons. The number of benzene rings is 2. The van der Waals surface area contributed by atoms with Crippen LogP contribution < -0.4 is 4.72 Å². The molecule has 7 heteroatoms. The summed E-state index contributed by atoms with van der Waals surface area (Å²) >= 11 is 0. The molecule has 24 heavy (non-hydrogen) atoms. The smallest absolute Gasteiger partial charge is 0.307 e. The van der Waals surface area contributed by atoms with Gasteiger partial charge in [-0.1, -0.05) is 18.2 Å². The Morgan fingerprint density at radius 2 is 1.79 bits per heavy atom. The molecule has 5 nitrogen and oxygen atoms in total. The quantitative estimate of drug-likeness (QED) is 0.864. The number of carboxylic acid groups (broad SMARTS) is 1. The van der Waals surface area contributed by atoms with Crippen LogP contribution in [0.5, 0.6) is 0 Å². The van der Waals surface area contributed by atoms with Crippen LogP contribution in [0, 0.1) is 5.82 Å². The van der Waals surface area contributed by atoms with Crippen LogP contribution in [0.15, 0.2) is 47.4 Å². The number of hydrogen-bond donors (Lipinski definition) is 2. The predicted molar refractivity (Wildman–Crippen MR) is 85.7 cm³/mol. The van der Waals surface area contributed by atoms with Gasteiger partial charge in [0.05, 0.1) is 11.3 Å². The van der Waals surface area contributed by atoms with Crippen molar-refractivity contribution < 1.29 is 22.7 Å². The van der Waals surface area contributed by atoms with E-state index in [0.717, 1.165) is 23.3 Å². The summed E-state index contributed by atoms with van der Waals surface area (Å²) in [5.41, 5.74) is 2.67. The second-order valence-electron chi connectivity index (χ2n) is 5.85. The molecule has 2 aromatic carbocycles. The van der Waals surface area contributed by atoms with Crippen molar-refractivity contribution in [1.82, 2.24) is 4.72 Å². The van der Waals surface area contributed by atoms with Crippen LogP contribution in [-0.4, -0.2) is 25.5 Å². The maximum Gasteiger partial charge on any atom is 0.307 e. The minimum absolute atomic E-state index is 0.0198. The van der Waals surface area contributed by atoms with Crippen LogP contribution in [0.25, 0.3) is 0 Å².